The van der Waals surface area contributed by atoms with Gasteiger partial charge in [-0.05, 0) is 31.9 Å². The highest BCUT2D eigenvalue weighted by Crippen LogP contribution is 2.44. The van der Waals surface area contributed by atoms with Crippen LogP contribution in [0.15, 0.2) is 24.3 Å². The Morgan fingerprint density at radius 1 is 1.45 bits per heavy atom. The molecule has 1 heterocycles. The first kappa shape index (κ1) is 13.1. The number of nitrogens with zero attached hydrogens (tertiary/aromatic N) is 2. The van der Waals surface area contributed by atoms with Gasteiger partial charge in [-0.1, -0.05) is 12.1 Å². The summed E-state index contributed by atoms with van der Waals surface area (Å²) in [6, 6.07) is 10.3. The summed E-state index contributed by atoms with van der Waals surface area (Å²) in [6.45, 7) is 2.64. The average molecular weight is 284 g/mol. The van der Waals surface area contributed by atoms with Crippen molar-refractivity contribution in [2.75, 3.05) is 6.61 Å². The van der Waals surface area contributed by atoms with Gasteiger partial charge in [0.25, 0.3) is 0 Å². The van der Waals surface area contributed by atoms with E-state index in [2.05, 4.69) is 6.07 Å². The van der Waals surface area contributed by atoms with Gasteiger partial charge in [-0.2, -0.15) is 5.26 Å². The van der Waals surface area contributed by atoms with E-state index in [-0.39, 0.29) is 0 Å². The lowest BCUT2D eigenvalue weighted by Crippen LogP contribution is -1.91. The predicted octanol–water partition coefficient (Wildman–Crippen LogP) is 4.15. The molecular formula is C16H16N2OS. The minimum absolute atomic E-state index is 0.467. The van der Waals surface area contributed by atoms with Gasteiger partial charge in [0.2, 0.25) is 0 Å². The maximum absolute atomic E-state index is 8.95. The molecule has 0 saturated heterocycles. The SMILES string of the molecule is CCOc1cccc(-c2nc(C3CC3)c(CC#N)s2)c1. The van der Waals surface area contributed by atoms with Gasteiger partial charge in [0.1, 0.15) is 10.8 Å². The summed E-state index contributed by atoms with van der Waals surface area (Å²) in [4.78, 5) is 5.91. The third-order valence-corrected chi connectivity index (χ3v) is 4.44. The summed E-state index contributed by atoms with van der Waals surface area (Å²) < 4.78 is 5.54. The molecule has 0 unspecified atom stereocenters. The zero-order chi connectivity index (χ0) is 13.9. The number of rotatable bonds is 5. The second-order valence-corrected chi connectivity index (χ2v) is 5.98. The van der Waals surface area contributed by atoms with Crippen molar-refractivity contribution in [3.05, 3.63) is 34.8 Å². The highest BCUT2D eigenvalue weighted by Gasteiger charge is 2.29. The normalized spacial score (nSPS) is 14.0. The first-order chi connectivity index (χ1) is 9.81. The largest absolute Gasteiger partial charge is 0.494 e. The van der Waals surface area contributed by atoms with E-state index in [0.29, 0.717) is 18.9 Å². The lowest BCUT2D eigenvalue weighted by molar-refractivity contribution is 0.340. The van der Waals surface area contributed by atoms with Crippen molar-refractivity contribution < 1.29 is 4.74 Å². The minimum atomic E-state index is 0.467. The van der Waals surface area contributed by atoms with E-state index in [0.717, 1.165) is 26.9 Å². The Hall–Kier alpha value is -1.86. The van der Waals surface area contributed by atoms with E-state index in [9.17, 15) is 0 Å². The lowest BCUT2D eigenvalue weighted by Gasteiger charge is -2.03. The van der Waals surface area contributed by atoms with Gasteiger partial charge in [0.05, 0.1) is 24.8 Å². The van der Waals surface area contributed by atoms with E-state index < -0.39 is 0 Å². The summed E-state index contributed by atoms with van der Waals surface area (Å²) in [7, 11) is 0. The van der Waals surface area contributed by atoms with Gasteiger partial charge in [0, 0.05) is 16.4 Å². The summed E-state index contributed by atoms with van der Waals surface area (Å²) >= 11 is 1.64. The number of aromatic nitrogens is 1. The molecule has 3 nitrogen and oxygen atoms in total. The Kier molecular flexibility index (Phi) is 3.70. The molecule has 0 atom stereocenters. The minimum Gasteiger partial charge on any atom is -0.494 e. The van der Waals surface area contributed by atoms with Crippen molar-refractivity contribution >= 4 is 11.3 Å². The molecule has 1 aliphatic carbocycles. The van der Waals surface area contributed by atoms with Crippen molar-refractivity contribution in [2.45, 2.75) is 32.1 Å². The van der Waals surface area contributed by atoms with Gasteiger partial charge < -0.3 is 4.74 Å². The summed E-state index contributed by atoms with van der Waals surface area (Å²) in [5.74, 6) is 1.45. The zero-order valence-corrected chi connectivity index (χ0v) is 12.2. The fraction of sp³-hybridized carbons (Fsp3) is 0.375. The van der Waals surface area contributed by atoms with Crippen LogP contribution in [0, 0.1) is 11.3 Å². The van der Waals surface area contributed by atoms with Crippen molar-refractivity contribution in [3.63, 3.8) is 0 Å². The molecule has 1 fully saturated rings. The third kappa shape index (κ3) is 2.68. The van der Waals surface area contributed by atoms with Crippen LogP contribution in [0.1, 0.15) is 36.3 Å². The van der Waals surface area contributed by atoms with Crippen LogP contribution in [0.4, 0.5) is 0 Å². The number of hydrogen-bond acceptors (Lipinski definition) is 4. The fourth-order valence-electron chi connectivity index (χ4n) is 2.25. The van der Waals surface area contributed by atoms with E-state index in [1.54, 1.807) is 11.3 Å². The van der Waals surface area contributed by atoms with E-state index in [1.165, 1.54) is 12.8 Å². The molecule has 102 valence electrons. The average Bonchev–Trinajstić information content (AvgIpc) is 3.21. The molecule has 1 aromatic carbocycles. The van der Waals surface area contributed by atoms with Gasteiger partial charge in [0.15, 0.2) is 0 Å². The Morgan fingerprint density at radius 2 is 2.30 bits per heavy atom. The first-order valence-electron chi connectivity index (χ1n) is 6.91. The number of ether oxygens (including phenoxy) is 1. The van der Waals surface area contributed by atoms with Crippen LogP contribution in [0.5, 0.6) is 5.75 Å². The Bertz CT molecular complexity index is 653. The highest BCUT2D eigenvalue weighted by atomic mass is 32.1. The summed E-state index contributed by atoms with van der Waals surface area (Å²) in [5, 5.41) is 9.95. The second-order valence-electron chi connectivity index (χ2n) is 4.90. The van der Waals surface area contributed by atoms with Crippen molar-refractivity contribution in [1.29, 1.82) is 5.26 Å². The smallest absolute Gasteiger partial charge is 0.124 e. The molecule has 20 heavy (non-hydrogen) atoms. The van der Waals surface area contributed by atoms with Crippen LogP contribution < -0.4 is 4.74 Å². The molecule has 2 aromatic rings. The van der Waals surface area contributed by atoms with Crippen molar-refractivity contribution in [3.8, 4) is 22.4 Å². The monoisotopic (exact) mass is 284 g/mol. The number of nitriles is 1. The maximum atomic E-state index is 8.95. The molecule has 0 N–H and O–H groups in total. The summed E-state index contributed by atoms with van der Waals surface area (Å²) in [5.41, 5.74) is 2.22. The highest BCUT2D eigenvalue weighted by molar-refractivity contribution is 7.15. The first-order valence-corrected chi connectivity index (χ1v) is 7.73. The Morgan fingerprint density at radius 3 is 3.00 bits per heavy atom. The molecule has 0 spiro atoms. The topological polar surface area (TPSA) is 45.9 Å². The molecule has 4 heteroatoms. The quantitative estimate of drug-likeness (QED) is 0.828. The van der Waals surface area contributed by atoms with E-state index in [4.69, 9.17) is 15.0 Å². The molecule has 0 radical (unpaired) electrons. The molecule has 0 amide bonds. The molecular weight excluding hydrogens is 268 g/mol. The van der Waals surface area contributed by atoms with Crippen LogP contribution in [0.2, 0.25) is 0 Å². The molecule has 1 aromatic heterocycles. The van der Waals surface area contributed by atoms with Crippen LogP contribution in [0.3, 0.4) is 0 Å². The van der Waals surface area contributed by atoms with Crippen LogP contribution in [0.25, 0.3) is 10.6 Å². The molecule has 1 saturated carbocycles. The van der Waals surface area contributed by atoms with Gasteiger partial charge in [-0.3, -0.25) is 0 Å². The maximum Gasteiger partial charge on any atom is 0.124 e. The van der Waals surface area contributed by atoms with Crippen LogP contribution in [-0.2, 0) is 6.42 Å². The number of benzene rings is 1. The molecule has 0 aliphatic heterocycles. The third-order valence-electron chi connectivity index (χ3n) is 3.32. The predicted molar refractivity (Wildman–Crippen MR) is 80.0 cm³/mol. The molecule has 0 bridgehead atoms. The van der Waals surface area contributed by atoms with Crippen molar-refractivity contribution in [1.82, 2.24) is 4.98 Å². The van der Waals surface area contributed by atoms with Crippen LogP contribution in [-0.4, -0.2) is 11.6 Å². The van der Waals surface area contributed by atoms with Gasteiger partial charge in [-0.15, -0.1) is 11.3 Å². The number of thiazole rings is 1. The zero-order valence-electron chi connectivity index (χ0n) is 11.4. The lowest BCUT2D eigenvalue weighted by atomic mass is 10.2. The van der Waals surface area contributed by atoms with Gasteiger partial charge in [-0.25, -0.2) is 4.98 Å². The number of hydrogen-bond donors (Lipinski definition) is 0. The van der Waals surface area contributed by atoms with E-state index in [1.807, 2.05) is 31.2 Å². The molecule has 1 aliphatic rings. The Labute approximate surface area is 122 Å². The Balaban J connectivity index is 1.95. The van der Waals surface area contributed by atoms with E-state index >= 15 is 0 Å². The summed E-state index contributed by atoms with van der Waals surface area (Å²) in [6.07, 6.45) is 2.88. The standard InChI is InChI=1S/C16H16N2OS/c1-2-19-13-5-3-4-12(10-13)16-18-15(11-6-7-11)14(20-16)8-9-17/h3-5,10-11H,2,6-8H2,1H3. The van der Waals surface area contributed by atoms with Gasteiger partial charge >= 0.3 is 0 Å². The second kappa shape index (κ2) is 5.64. The fourth-order valence-corrected chi connectivity index (χ4v) is 3.32. The van der Waals surface area contributed by atoms with Crippen LogP contribution >= 0.6 is 11.3 Å². The molecule has 3 rings (SSSR count). The van der Waals surface area contributed by atoms with Crippen molar-refractivity contribution in [2.24, 2.45) is 0 Å².